The third-order valence-corrected chi connectivity index (χ3v) is 5.12. The molecule has 0 bridgehead atoms. The summed E-state index contributed by atoms with van der Waals surface area (Å²) in [4.78, 5) is 12.6. The van der Waals surface area contributed by atoms with E-state index in [0.717, 1.165) is 41.8 Å². The van der Waals surface area contributed by atoms with Crippen molar-refractivity contribution in [1.82, 2.24) is 10.5 Å². The van der Waals surface area contributed by atoms with E-state index in [9.17, 15) is 4.79 Å². The van der Waals surface area contributed by atoms with Gasteiger partial charge in [-0.1, -0.05) is 65.8 Å². The van der Waals surface area contributed by atoms with Gasteiger partial charge in [-0.25, -0.2) is 0 Å². The van der Waals surface area contributed by atoms with E-state index in [-0.39, 0.29) is 11.9 Å². The van der Waals surface area contributed by atoms with Crippen LogP contribution in [0.15, 0.2) is 65.2 Å². The van der Waals surface area contributed by atoms with E-state index in [0.29, 0.717) is 12.8 Å². The molecule has 2 aromatic carbocycles. The van der Waals surface area contributed by atoms with Gasteiger partial charge < -0.3 is 9.84 Å². The van der Waals surface area contributed by atoms with Gasteiger partial charge in [-0.2, -0.15) is 0 Å². The Kier molecular flexibility index (Phi) is 7.01. The quantitative estimate of drug-likeness (QED) is 0.565. The number of aryl methyl sites for hydroxylation is 3. The summed E-state index contributed by atoms with van der Waals surface area (Å²) < 4.78 is 5.19. The number of nitrogens with one attached hydrogen (secondary N) is 1. The first-order valence-electron chi connectivity index (χ1n) is 9.93. The topological polar surface area (TPSA) is 55.1 Å². The molecule has 0 fully saturated rings. The molecule has 3 rings (SSSR count). The highest BCUT2D eigenvalue weighted by atomic mass is 16.5. The molecule has 4 nitrogen and oxygen atoms in total. The van der Waals surface area contributed by atoms with Crippen LogP contribution in [-0.4, -0.2) is 11.1 Å². The van der Waals surface area contributed by atoms with Gasteiger partial charge in [0.1, 0.15) is 5.76 Å². The Morgan fingerprint density at radius 3 is 2.32 bits per heavy atom. The van der Waals surface area contributed by atoms with Crippen molar-refractivity contribution < 1.29 is 9.32 Å². The monoisotopic (exact) mass is 376 g/mol. The molecule has 1 atom stereocenters. The molecule has 0 aliphatic heterocycles. The zero-order valence-corrected chi connectivity index (χ0v) is 16.7. The van der Waals surface area contributed by atoms with Crippen molar-refractivity contribution in [2.75, 3.05) is 0 Å². The summed E-state index contributed by atoms with van der Waals surface area (Å²) in [6, 6.07) is 20.7. The van der Waals surface area contributed by atoms with Gasteiger partial charge in [0.05, 0.1) is 11.7 Å². The maximum absolute atomic E-state index is 12.6. The van der Waals surface area contributed by atoms with Crippen LogP contribution in [0.5, 0.6) is 0 Å². The number of nitrogens with zero attached hydrogens (tertiary/aromatic N) is 1. The van der Waals surface area contributed by atoms with E-state index in [4.69, 9.17) is 4.52 Å². The van der Waals surface area contributed by atoms with Crippen molar-refractivity contribution >= 4 is 5.91 Å². The van der Waals surface area contributed by atoms with Crippen molar-refractivity contribution in [2.24, 2.45) is 0 Å². The minimum Gasteiger partial charge on any atom is -0.361 e. The fraction of sp³-hybridized carbons (Fsp3) is 0.333. The highest BCUT2D eigenvalue weighted by molar-refractivity contribution is 5.76. The second-order valence-corrected chi connectivity index (χ2v) is 7.21. The van der Waals surface area contributed by atoms with E-state index in [1.165, 1.54) is 5.56 Å². The van der Waals surface area contributed by atoms with E-state index >= 15 is 0 Å². The molecule has 0 aliphatic rings. The average Bonchev–Trinajstić information content (AvgIpc) is 3.04. The molecule has 0 saturated heterocycles. The molecule has 0 aliphatic carbocycles. The molecule has 0 spiro atoms. The normalized spacial score (nSPS) is 11.9. The minimum absolute atomic E-state index is 0.0297. The van der Waals surface area contributed by atoms with Crippen molar-refractivity contribution in [3.8, 4) is 0 Å². The van der Waals surface area contributed by atoms with Gasteiger partial charge >= 0.3 is 0 Å². The predicted molar refractivity (Wildman–Crippen MR) is 111 cm³/mol. The Morgan fingerprint density at radius 1 is 1.00 bits per heavy atom. The molecule has 1 N–H and O–H groups in total. The van der Waals surface area contributed by atoms with Crippen LogP contribution in [0.4, 0.5) is 0 Å². The number of benzene rings is 2. The van der Waals surface area contributed by atoms with Crippen LogP contribution in [-0.2, 0) is 17.6 Å². The molecule has 1 aromatic heterocycles. The van der Waals surface area contributed by atoms with Crippen LogP contribution in [0.3, 0.4) is 0 Å². The Morgan fingerprint density at radius 2 is 1.68 bits per heavy atom. The number of carbonyl (C=O) groups excluding carboxylic acids is 1. The van der Waals surface area contributed by atoms with Crippen LogP contribution in [0, 0.1) is 13.8 Å². The fourth-order valence-corrected chi connectivity index (χ4v) is 3.53. The highest BCUT2D eigenvalue weighted by Crippen LogP contribution is 2.21. The van der Waals surface area contributed by atoms with Crippen molar-refractivity contribution in [2.45, 2.75) is 52.0 Å². The zero-order chi connectivity index (χ0) is 19.8. The van der Waals surface area contributed by atoms with Crippen LogP contribution in [0.25, 0.3) is 0 Å². The largest absolute Gasteiger partial charge is 0.361 e. The number of amides is 1. The van der Waals surface area contributed by atoms with E-state index in [1.54, 1.807) is 0 Å². The summed E-state index contributed by atoms with van der Waals surface area (Å²) in [7, 11) is 0. The third-order valence-electron chi connectivity index (χ3n) is 5.12. The van der Waals surface area contributed by atoms with Gasteiger partial charge in [0, 0.05) is 12.0 Å². The third kappa shape index (κ3) is 5.56. The van der Waals surface area contributed by atoms with Gasteiger partial charge in [0.25, 0.3) is 0 Å². The first kappa shape index (κ1) is 19.9. The maximum Gasteiger partial charge on any atom is 0.220 e. The Labute approximate surface area is 167 Å². The van der Waals surface area contributed by atoms with Gasteiger partial charge in [0.2, 0.25) is 5.91 Å². The lowest BCUT2D eigenvalue weighted by Gasteiger charge is -2.19. The molecule has 0 radical (unpaired) electrons. The predicted octanol–water partition coefficient (Wildman–Crippen LogP) is 5.10. The van der Waals surface area contributed by atoms with E-state index < -0.39 is 0 Å². The average molecular weight is 377 g/mol. The van der Waals surface area contributed by atoms with Gasteiger partial charge in [-0.15, -0.1) is 0 Å². The maximum atomic E-state index is 12.6. The van der Waals surface area contributed by atoms with Crippen molar-refractivity contribution in [1.29, 1.82) is 0 Å². The molecule has 1 amide bonds. The molecule has 0 saturated carbocycles. The lowest BCUT2D eigenvalue weighted by atomic mass is 9.98. The summed E-state index contributed by atoms with van der Waals surface area (Å²) in [5.41, 5.74) is 4.39. The molecular weight excluding hydrogens is 348 g/mol. The number of carbonyl (C=O) groups is 1. The summed E-state index contributed by atoms with van der Waals surface area (Å²) in [6.45, 7) is 3.81. The molecule has 4 heteroatoms. The molecule has 1 heterocycles. The summed E-state index contributed by atoms with van der Waals surface area (Å²) >= 11 is 0. The number of rotatable bonds is 9. The first-order chi connectivity index (χ1) is 13.6. The second-order valence-electron chi connectivity index (χ2n) is 7.21. The Bertz CT molecular complexity index is 853. The zero-order valence-electron chi connectivity index (χ0n) is 16.7. The van der Waals surface area contributed by atoms with Crippen LogP contribution >= 0.6 is 0 Å². The summed E-state index contributed by atoms with van der Waals surface area (Å²) in [5, 5.41) is 7.20. The second kappa shape index (κ2) is 9.88. The molecule has 28 heavy (non-hydrogen) atoms. The Balaban J connectivity index is 1.58. The van der Waals surface area contributed by atoms with Gasteiger partial charge in [-0.3, -0.25) is 4.79 Å². The summed E-state index contributed by atoms with van der Waals surface area (Å²) in [5.74, 6) is 0.862. The van der Waals surface area contributed by atoms with Gasteiger partial charge in [-0.05, 0) is 50.7 Å². The molecule has 146 valence electrons. The van der Waals surface area contributed by atoms with E-state index in [2.05, 4.69) is 46.9 Å². The van der Waals surface area contributed by atoms with Crippen molar-refractivity contribution in [3.05, 3.63) is 88.8 Å². The number of hydrogen-bond acceptors (Lipinski definition) is 3. The SMILES string of the molecule is Cc1noc(C)c1CCC(=O)NC(CCCc1ccccc1)c1ccccc1. The van der Waals surface area contributed by atoms with Crippen LogP contribution in [0.1, 0.15) is 53.4 Å². The lowest BCUT2D eigenvalue weighted by molar-refractivity contribution is -0.121. The van der Waals surface area contributed by atoms with Gasteiger partial charge in [0.15, 0.2) is 0 Å². The van der Waals surface area contributed by atoms with Crippen LogP contribution in [0.2, 0.25) is 0 Å². The summed E-state index contributed by atoms with van der Waals surface area (Å²) in [6.07, 6.45) is 4.03. The smallest absolute Gasteiger partial charge is 0.220 e. The standard InChI is InChI=1S/C24H28N2O2/c1-18-22(19(2)28-26-18)16-17-24(27)25-23(21-13-7-4-8-14-21)15-9-12-20-10-5-3-6-11-20/h3-8,10-11,13-14,23H,9,12,15-17H2,1-2H3,(H,25,27). The minimum atomic E-state index is 0.0297. The fourth-order valence-electron chi connectivity index (χ4n) is 3.53. The van der Waals surface area contributed by atoms with Crippen LogP contribution < -0.4 is 5.32 Å². The number of hydrogen-bond donors (Lipinski definition) is 1. The first-order valence-corrected chi connectivity index (χ1v) is 9.93. The van der Waals surface area contributed by atoms with E-state index in [1.807, 2.05) is 38.1 Å². The molecule has 3 aromatic rings. The lowest BCUT2D eigenvalue weighted by Crippen LogP contribution is -2.29. The molecular formula is C24H28N2O2. The number of aromatic nitrogens is 1. The van der Waals surface area contributed by atoms with Crippen molar-refractivity contribution in [3.63, 3.8) is 0 Å². The highest BCUT2D eigenvalue weighted by Gasteiger charge is 2.16. The Hall–Kier alpha value is -2.88. The molecule has 1 unspecified atom stereocenters.